The van der Waals surface area contributed by atoms with Crippen molar-refractivity contribution in [3.63, 3.8) is 0 Å². The van der Waals surface area contributed by atoms with E-state index in [1.165, 1.54) is 30.3 Å². The molecule has 0 bridgehead atoms. The van der Waals surface area contributed by atoms with E-state index in [2.05, 4.69) is 6.58 Å². The zero-order chi connectivity index (χ0) is 24.9. The van der Waals surface area contributed by atoms with Gasteiger partial charge in [-0.1, -0.05) is 65.7 Å². The topological polar surface area (TPSA) is 52.6 Å². The molecule has 8 heteroatoms. The fourth-order valence-corrected chi connectivity index (χ4v) is 4.74. The van der Waals surface area contributed by atoms with Gasteiger partial charge in [0.2, 0.25) is 0 Å². The molecule has 4 nitrogen and oxygen atoms in total. The van der Waals surface area contributed by atoms with Gasteiger partial charge in [-0.15, -0.1) is 0 Å². The first-order valence-corrected chi connectivity index (χ1v) is 12.5. The largest absolute Gasteiger partial charge is 0.483 e. The van der Waals surface area contributed by atoms with Crippen LogP contribution in [0.5, 0.6) is 5.75 Å². The first kappa shape index (κ1) is 26.0. The highest BCUT2D eigenvalue weighted by Gasteiger charge is 2.22. The van der Waals surface area contributed by atoms with E-state index in [1.807, 2.05) is 6.92 Å². The van der Waals surface area contributed by atoms with Crippen LogP contribution in [0.25, 0.3) is 17.2 Å². The fourth-order valence-electron chi connectivity index (χ4n) is 3.22. The van der Waals surface area contributed by atoms with E-state index in [1.54, 1.807) is 49.4 Å². The highest BCUT2D eigenvalue weighted by atomic mass is 35.5. The van der Waals surface area contributed by atoms with Crippen LogP contribution in [0.3, 0.4) is 0 Å². The molecule has 0 amide bonds. The summed E-state index contributed by atoms with van der Waals surface area (Å²) in [5.74, 6) is -0.254. The van der Waals surface area contributed by atoms with Gasteiger partial charge in [0.05, 0.1) is 14.9 Å². The maximum absolute atomic E-state index is 14.5. The Labute approximate surface area is 209 Å². The second-order valence-electron chi connectivity index (χ2n) is 7.41. The molecule has 1 unspecified atom stereocenters. The Balaban J connectivity index is 1.98. The number of benzene rings is 3. The Kier molecular flexibility index (Phi) is 8.55. The van der Waals surface area contributed by atoms with Crippen molar-refractivity contribution < 1.29 is 21.7 Å². The molecule has 34 heavy (non-hydrogen) atoms. The molecule has 3 aromatic rings. The molecule has 0 aliphatic rings. The molecule has 0 N–H and O–H groups in total. The molecule has 1 atom stereocenters. The second kappa shape index (κ2) is 11.2. The van der Waals surface area contributed by atoms with E-state index in [0.717, 1.165) is 5.56 Å². The number of rotatable bonds is 9. The molecule has 178 valence electrons. The average Bonchev–Trinajstić information content (AvgIpc) is 2.78. The lowest BCUT2D eigenvalue weighted by Gasteiger charge is -2.21. The molecule has 3 rings (SSSR count). The number of allylic oxidation sites excluding steroid dienone is 1. The minimum Gasteiger partial charge on any atom is -0.483 e. The van der Waals surface area contributed by atoms with Gasteiger partial charge in [0.1, 0.15) is 24.3 Å². The Hall–Kier alpha value is -2.64. The summed E-state index contributed by atoms with van der Waals surface area (Å²) in [6.07, 6.45) is 3.91. The maximum Gasteiger partial charge on any atom is 0.297 e. The Morgan fingerprint density at radius 2 is 1.74 bits per heavy atom. The predicted molar refractivity (Wildman–Crippen MR) is 135 cm³/mol. The van der Waals surface area contributed by atoms with Crippen molar-refractivity contribution in [1.82, 2.24) is 0 Å². The van der Waals surface area contributed by atoms with Crippen LogP contribution in [0, 0.1) is 12.7 Å². The van der Waals surface area contributed by atoms with Crippen LogP contribution in [0.2, 0.25) is 10.0 Å². The number of aryl methyl sites for hydroxylation is 1. The van der Waals surface area contributed by atoms with Crippen molar-refractivity contribution >= 4 is 39.4 Å². The SMILES string of the molecule is C=CC(COS(=O)(=O)c1ccc(C)cc1)Oc1c(C=CC)cc(F)cc1-c1c(Cl)cccc1Cl. The summed E-state index contributed by atoms with van der Waals surface area (Å²) >= 11 is 12.8. The lowest BCUT2D eigenvalue weighted by atomic mass is 10.00. The van der Waals surface area contributed by atoms with Gasteiger partial charge in [-0.05, 0) is 56.3 Å². The van der Waals surface area contributed by atoms with E-state index in [0.29, 0.717) is 26.7 Å². The maximum atomic E-state index is 14.5. The fraction of sp³-hybridized carbons (Fsp3) is 0.154. The summed E-state index contributed by atoms with van der Waals surface area (Å²) in [6.45, 7) is 7.01. The van der Waals surface area contributed by atoms with Gasteiger partial charge in [-0.2, -0.15) is 8.42 Å². The molecular weight excluding hydrogens is 498 g/mol. The van der Waals surface area contributed by atoms with Gasteiger partial charge in [0.15, 0.2) is 0 Å². The second-order valence-corrected chi connectivity index (χ2v) is 9.84. The number of hydrogen-bond acceptors (Lipinski definition) is 4. The van der Waals surface area contributed by atoms with Crippen LogP contribution in [0.1, 0.15) is 18.1 Å². The zero-order valence-corrected chi connectivity index (χ0v) is 20.9. The molecule has 0 heterocycles. The molecule has 0 aliphatic carbocycles. The predicted octanol–water partition coefficient (Wildman–Crippen LogP) is 7.48. The first-order valence-electron chi connectivity index (χ1n) is 10.3. The Morgan fingerprint density at radius 1 is 1.09 bits per heavy atom. The monoisotopic (exact) mass is 520 g/mol. The summed E-state index contributed by atoms with van der Waals surface area (Å²) in [7, 11) is -4.02. The summed E-state index contributed by atoms with van der Waals surface area (Å²) in [4.78, 5) is 0.0286. The van der Waals surface area contributed by atoms with Crippen LogP contribution >= 0.6 is 23.2 Å². The smallest absolute Gasteiger partial charge is 0.297 e. The molecule has 0 spiro atoms. The average molecular weight is 521 g/mol. The van der Waals surface area contributed by atoms with Crippen LogP contribution in [-0.4, -0.2) is 21.1 Å². The summed E-state index contributed by atoms with van der Waals surface area (Å²) in [5, 5.41) is 0.616. The van der Waals surface area contributed by atoms with Gasteiger partial charge in [-0.25, -0.2) is 4.39 Å². The first-order chi connectivity index (χ1) is 16.2. The molecule has 0 aromatic heterocycles. The zero-order valence-electron chi connectivity index (χ0n) is 18.6. The summed E-state index contributed by atoms with van der Waals surface area (Å²) < 4.78 is 51.1. The standard InChI is InChI=1S/C26H23Cl2FO4S/c1-4-7-18-14-19(29)15-22(25-23(27)8-6-9-24(25)28)26(18)33-20(5-2)16-32-34(30,31)21-12-10-17(3)11-13-21/h4-15,20H,2,16H2,1,3H3. The summed E-state index contributed by atoms with van der Waals surface area (Å²) in [5.41, 5.74) is 2.05. The third-order valence-electron chi connectivity index (χ3n) is 4.89. The van der Waals surface area contributed by atoms with Gasteiger partial charge in [0, 0.05) is 16.7 Å². The van der Waals surface area contributed by atoms with Gasteiger partial charge in [0.25, 0.3) is 10.1 Å². The van der Waals surface area contributed by atoms with Crippen molar-refractivity contribution in [2.24, 2.45) is 0 Å². The van der Waals surface area contributed by atoms with Crippen LogP contribution < -0.4 is 4.74 Å². The molecule has 3 aromatic carbocycles. The van der Waals surface area contributed by atoms with E-state index < -0.39 is 22.0 Å². The number of halogens is 3. The van der Waals surface area contributed by atoms with E-state index in [-0.39, 0.29) is 17.3 Å². The van der Waals surface area contributed by atoms with Crippen LogP contribution in [0.15, 0.2) is 78.2 Å². The minimum absolute atomic E-state index is 0.0286. The summed E-state index contributed by atoms with van der Waals surface area (Å²) in [6, 6.07) is 13.8. The van der Waals surface area contributed by atoms with E-state index in [9.17, 15) is 12.8 Å². The molecule has 0 saturated heterocycles. The quantitative estimate of drug-likeness (QED) is 0.216. The van der Waals surface area contributed by atoms with Gasteiger partial charge >= 0.3 is 0 Å². The number of ether oxygens (including phenoxy) is 1. The Morgan fingerprint density at radius 3 is 2.32 bits per heavy atom. The van der Waals surface area contributed by atoms with Crippen molar-refractivity contribution in [1.29, 1.82) is 0 Å². The highest BCUT2D eigenvalue weighted by molar-refractivity contribution is 7.86. The normalized spacial score (nSPS) is 12.6. The van der Waals surface area contributed by atoms with Crippen LogP contribution in [0.4, 0.5) is 4.39 Å². The van der Waals surface area contributed by atoms with Crippen molar-refractivity contribution in [2.75, 3.05) is 6.61 Å². The van der Waals surface area contributed by atoms with Crippen molar-refractivity contribution in [2.45, 2.75) is 24.8 Å². The van der Waals surface area contributed by atoms with Crippen molar-refractivity contribution in [3.8, 4) is 16.9 Å². The van der Waals surface area contributed by atoms with E-state index >= 15 is 0 Å². The van der Waals surface area contributed by atoms with Gasteiger partial charge < -0.3 is 4.74 Å². The van der Waals surface area contributed by atoms with E-state index in [4.69, 9.17) is 32.1 Å². The van der Waals surface area contributed by atoms with Crippen molar-refractivity contribution in [3.05, 3.63) is 100 Å². The van der Waals surface area contributed by atoms with Crippen LogP contribution in [-0.2, 0) is 14.3 Å². The highest BCUT2D eigenvalue weighted by Crippen LogP contribution is 2.42. The number of hydrogen-bond donors (Lipinski definition) is 0. The molecule has 0 saturated carbocycles. The third-order valence-corrected chi connectivity index (χ3v) is 6.82. The lowest BCUT2D eigenvalue weighted by molar-refractivity contribution is 0.168. The molecular formula is C26H23Cl2FO4S. The molecule has 0 radical (unpaired) electrons. The molecule has 0 aliphatic heterocycles. The third kappa shape index (κ3) is 6.07. The minimum atomic E-state index is -4.02. The molecule has 0 fully saturated rings. The lowest BCUT2D eigenvalue weighted by Crippen LogP contribution is -2.23. The Bertz CT molecular complexity index is 1300. The van der Waals surface area contributed by atoms with Gasteiger partial charge in [-0.3, -0.25) is 4.18 Å².